The third-order valence-electron chi connectivity index (χ3n) is 4.96. The second kappa shape index (κ2) is 11.8. The van der Waals surface area contributed by atoms with E-state index in [1.165, 1.54) is 0 Å². The van der Waals surface area contributed by atoms with E-state index in [9.17, 15) is 19.7 Å². The molecule has 1 aliphatic rings. The van der Waals surface area contributed by atoms with Gasteiger partial charge in [-0.1, -0.05) is 0 Å². The van der Waals surface area contributed by atoms with Gasteiger partial charge < -0.3 is 24.4 Å². The third kappa shape index (κ3) is 7.32. The fraction of sp³-hybridized carbons (Fsp3) is 0.714. The van der Waals surface area contributed by atoms with Crippen molar-refractivity contribution in [2.24, 2.45) is 0 Å². The van der Waals surface area contributed by atoms with Gasteiger partial charge in [0.05, 0.1) is 18.1 Å². The fourth-order valence-corrected chi connectivity index (χ4v) is 3.53. The summed E-state index contributed by atoms with van der Waals surface area (Å²) in [5.74, 6) is -3.48. The number of anilines is 1. The number of esters is 2. The summed E-state index contributed by atoms with van der Waals surface area (Å²) in [5, 5.41) is 15.0. The van der Waals surface area contributed by atoms with E-state index >= 15 is 0 Å². The molecule has 1 atom stereocenters. The summed E-state index contributed by atoms with van der Waals surface area (Å²) in [5.41, 5.74) is -1.83. The predicted octanol–water partition coefficient (Wildman–Crippen LogP) is 1.58. The number of piperidine rings is 1. The molecule has 184 valence electrons. The van der Waals surface area contributed by atoms with E-state index in [1.54, 1.807) is 34.8 Å². The summed E-state index contributed by atoms with van der Waals surface area (Å²) in [6.45, 7) is 8.90. The largest absolute Gasteiger partial charge is 0.465 e. The van der Waals surface area contributed by atoms with Crippen LogP contribution in [0.4, 0.5) is 11.6 Å². The maximum atomic E-state index is 13.0. The van der Waals surface area contributed by atoms with E-state index in [4.69, 9.17) is 14.2 Å². The first-order valence-corrected chi connectivity index (χ1v) is 11.0. The monoisotopic (exact) mass is 467 g/mol. The maximum absolute atomic E-state index is 13.0. The zero-order chi connectivity index (χ0) is 24.6. The highest BCUT2D eigenvalue weighted by atomic mass is 16.6. The van der Waals surface area contributed by atoms with Gasteiger partial charge in [-0.25, -0.2) is 9.97 Å². The van der Waals surface area contributed by atoms with Crippen molar-refractivity contribution in [3.05, 3.63) is 22.0 Å². The van der Waals surface area contributed by atoms with Gasteiger partial charge in [-0.3, -0.25) is 19.7 Å². The molecule has 1 unspecified atom stereocenters. The molecule has 12 nitrogen and oxygen atoms in total. The van der Waals surface area contributed by atoms with Crippen LogP contribution in [0.25, 0.3) is 0 Å². The van der Waals surface area contributed by atoms with Crippen molar-refractivity contribution < 1.29 is 28.7 Å². The fourth-order valence-electron chi connectivity index (χ4n) is 3.53. The number of ether oxygens (including phenoxy) is 3. The number of aromatic nitrogens is 2. The molecule has 0 aliphatic carbocycles. The molecular weight excluding hydrogens is 434 g/mol. The standard InChI is InChI=1S/C21H33N5O7/c1-6-32-18(27)16(19(28)33-21(2,3)4)17-15(26(29)30)13-23-20(24-17)25(11-12-31-5)14-7-9-22-10-8-14/h13-14,16,22H,6-12H2,1-5H3. The van der Waals surface area contributed by atoms with E-state index in [0.29, 0.717) is 13.2 Å². The van der Waals surface area contributed by atoms with Crippen LogP contribution in [0, 0.1) is 10.1 Å². The Balaban J connectivity index is 2.58. The van der Waals surface area contributed by atoms with E-state index in [2.05, 4.69) is 15.3 Å². The summed E-state index contributed by atoms with van der Waals surface area (Å²) in [4.78, 5) is 47.2. The lowest BCUT2D eigenvalue weighted by Crippen LogP contribution is -2.45. The molecular formula is C21H33N5O7. The van der Waals surface area contributed by atoms with E-state index < -0.39 is 34.1 Å². The lowest BCUT2D eigenvalue weighted by atomic mass is 10.0. The quantitative estimate of drug-likeness (QED) is 0.231. The third-order valence-corrected chi connectivity index (χ3v) is 4.96. The highest BCUT2D eigenvalue weighted by molar-refractivity contribution is 6.01. The molecule has 1 aliphatic heterocycles. The second-order valence-electron chi connectivity index (χ2n) is 8.58. The second-order valence-corrected chi connectivity index (χ2v) is 8.58. The molecule has 0 aromatic carbocycles. The normalized spacial score (nSPS) is 15.5. The molecule has 0 amide bonds. The van der Waals surface area contributed by atoms with E-state index in [-0.39, 0.29) is 24.3 Å². The van der Waals surface area contributed by atoms with E-state index in [1.807, 2.05) is 4.90 Å². The van der Waals surface area contributed by atoms with Crippen LogP contribution in [0.5, 0.6) is 0 Å². The molecule has 2 heterocycles. The number of carbonyl (C=O) groups excluding carboxylic acids is 2. The van der Waals surface area contributed by atoms with Gasteiger partial charge in [0.2, 0.25) is 11.9 Å². The molecule has 1 N–H and O–H groups in total. The molecule has 1 fully saturated rings. The number of hydrogen-bond donors (Lipinski definition) is 1. The Morgan fingerprint density at radius 1 is 1.30 bits per heavy atom. The number of methoxy groups -OCH3 is 1. The van der Waals surface area contributed by atoms with Gasteiger partial charge >= 0.3 is 17.6 Å². The number of nitro groups is 1. The summed E-state index contributed by atoms with van der Waals surface area (Å²) < 4.78 is 15.6. The van der Waals surface area contributed by atoms with Crippen molar-refractivity contribution in [2.75, 3.05) is 44.9 Å². The smallest absolute Gasteiger partial charge is 0.327 e. The van der Waals surface area contributed by atoms with Gasteiger partial charge in [-0.2, -0.15) is 0 Å². The van der Waals surface area contributed by atoms with Gasteiger partial charge in [0, 0.05) is 19.7 Å². The van der Waals surface area contributed by atoms with Gasteiger partial charge in [0.15, 0.2) is 0 Å². The van der Waals surface area contributed by atoms with Crippen molar-refractivity contribution in [1.82, 2.24) is 15.3 Å². The summed E-state index contributed by atoms with van der Waals surface area (Å²) in [7, 11) is 1.57. The molecule has 12 heteroatoms. The minimum absolute atomic E-state index is 0.0150. The lowest BCUT2D eigenvalue weighted by molar-refractivity contribution is -0.386. The van der Waals surface area contributed by atoms with Crippen molar-refractivity contribution in [1.29, 1.82) is 0 Å². The average molecular weight is 468 g/mol. The molecule has 0 spiro atoms. The van der Waals surface area contributed by atoms with Gasteiger partial charge in [0.1, 0.15) is 17.5 Å². The summed E-state index contributed by atoms with van der Waals surface area (Å²) in [6, 6.07) is 0.0678. The first-order chi connectivity index (χ1) is 15.6. The molecule has 33 heavy (non-hydrogen) atoms. The minimum Gasteiger partial charge on any atom is -0.465 e. The first kappa shape index (κ1) is 26.4. The summed E-state index contributed by atoms with van der Waals surface area (Å²) >= 11 is 0. The lowest BCUT2D eigenvalue weighted by Gasteiger charge is -2.34. The molecule has 0 radical (unpaired) electrons. The van der Waals surface area contributed by atoms with Gasteiger partial charge in [-0.15, -0.1) is 0 Å². The molecule has 1 aromatic heterocycles. The number of hydrogen-bond acceptors (Lipinski definition) is 11. The number of nitrogens with one attached hydrogen (secondary N) is 1. The molecule has 1 aromatic rings. The number of nitrogens with zero attached hydrogens (tertiary/aromatic N) is 4. The highest BCUT2D eigenvalue weighted by Gasteiger charge is 2.41. The van der Waals surface area contributed by atoms with Crippen molar-refractivity contribution in [3.8, 4) is 0 Å². The molecule has 2 rings (SSSR count). The predicted molar refractivity (Wildman–Crippen MR) is 119 cm³/mol. The van der Waals surface area contributed by atoms with Crippen LogP contribution in [0.3, 0.4) is 0 Å². The minimum atomic E-state index is -1.72. The van der Waals surface area contributed by atoms with Crippen LogP contribution in [-0.4, -0.2) is 78.4 Å². The van der Waals surface area contributed by atoms with E-state index in [0.717, 1.165) is 32.1 Å². The number of carbonyl (C=O) groups is 2. The maximum Gasteiger partial charge on any atom is 0.327 e. The Morgan fingerprint density at radius 3 is 2.52 bits per heavy atom. The van der Waals surface area contributed by atoms with Crippen LogP contribution < -0.4 is 10.2 Å². The van der Waals surface area contributed by atoms with Crippen LogP contribution in [-0.2, 0) is 23.8 Å². The van der Waals surface area contributed by atoms with Gasteiger partial charge in [-0.05, 0) is 53.6 Å². The highest BCUT2D eigenvalue weighted by Crippen LogP contribution is 2.30. The van der Waals surface area contributed by atoms with Crippen LogP contribution in [0.2, 0.25) is 0 Å². The Bertz CT molecular complexity index is 837. The zero-order valence-corrected chi connectivity index (χ0v) is 19.8. The molecule has 0 bridgehead atoms. The number of rotatable bonds is 10. The SMILES string of the molecule is CCOC(=O)C(C(=O)OC(C)(C)C)c1nc(N(CCOC)C2CCNCC2)ncc1[N+](=O)[O-]. The zero-order valence-electron chi connectivity index (χ0n) is 19.8. The van der Waals surface area contributed by atoms with Crippen LogP contribution in [0.1, 0.15) is 52.1 Å². The van der Waals surface area contributed by atoms with Crippen molar-refractivity contribution in [2.45, 2.75) is 58.1 Å². The first-order valence-electron chi connectivity index (χ1n) is 11.0. The Labute approximate surface area is 193 Å². The summed E-state index contributed by atoms with van der Waals surface area (Å²) in [6.07, 6.45) is 2.65. The molecule has 0 saturated carbocycles. The molecule has 1 saturated heterocycles. The Morgan fingerprint density at radius 2 is 1.97 bits per heavy atom. The topological polar surface area (TPSA) is 146 Å². The Kier molecular flexibility index (Phi) is 9.47. The van der Waals surface area contributed by atoms with Crippen LogP contribution >= 0.6 is 0 Å². The van der Waals surface area contributed by atoms with Crippen molar-refractivity contribution in [3.63, 3.8) is 0 Å². The van der Waals surface area contributed by atoms with Gasteiger partial charge in [0.25, 0.3) is 0 Å². The van der Waals surface area contributed by atoms with Crippen LogP contribution in [0.15, 0.2) is 6.20 Å². The van der Waals surface area contributed by atoms with Crippen molar-refractivity contribution >= 4 is 23.6 Å². The average Bonchev–Trinajstić information content (AvgIpc) is 2.74. The Hall–Kier alpha value is -2.86.